The van der Waals surface area contributed by atoms with Crippen molar-refractivity contribution in [1.82, 2.24) is 24.9 Å². The number of likely N-dealkylation sites (tertiary alicyclic amines) is 1. The number of H-pyrrole nitrogens is 1. The molecule has 1 N–H and O–H groups in total. The van der Waals surface area contributed by atoms with E-state index in [1.54, 1.807) is 18.1 Å². The highest BCUT2D eigenvalue weighted by molar-refractivity contribution is 5.78. The first-order valence-electron chi connectivity index (χ1n) is 8.03. The van der Waals surface area contributed by atoms with Gasteiger partial charge in [-0.15, -0.1) is 0 Å². The summed E-state index contributed by atoms with van der Waals surface area (Å²) in [7, 11) is 1.72. The fourth-order valence-electron chi connectivity index (χ4n) is 3.09. The molecule has 1 unspecified atom stereocenters. The van der Waals surface area contributed by atoms with Crippen molar-refractivity contribution in [2.24, 2.45) is 5.92 Å². The quantitative estimate of drug-likeness (QED) is 0.863. The number of hydrogen-bond acceptors (Lipinski definition) is 6. The zero-order valence-electron chi connectivity index (χ0n) is 13.6. The Hall–Kier alpha value is -2.48. The van der Waals surface area contributed by atoms with Gasteiger partial charge < -0.3 is 4.90 Å². The van der Waals surface area contributed by atoms with E-state index in [0.717, 1.165) is 38.0 Å². The van der Waals surface area contributed by atoms with Crippen LogP contribution in [0.15, 0.2) is 33.8 Å². The molecule has 2 aromatic heterocycles. The Morgan fingerprint density at radius 1 is 1.54 bits per heavy atom. The van der Waals surface area contributed by atoms with Crippen LogP contribution in [0.1, 0.15) is 24.2 Å². The maximum absolute atomic E-state index is 12.6. The summed E-state index contributed by atoms with van der Waals surface area (Å²) in [6, 6.07) is 3.97. The fourth-order valence-corrected chi connectivity index (χ4v) is 3.09. The van der Waals surface area contributed by atoms with Crippen LogP contribution in [-0.4, -0.2) is 51.0 Å². The highest BCUT2D eigenvalue weighted by Crippen LogP contribution is 2.20. The van der Waals surface area contributed by atoms with Crippen LogP contribution in [0.25, 0.3) is 0 Å². The molecule has 2 aromatic rings. The van der Waals surface area contributed by atoms with Crippen LogP contribution in [0.3, 0.4) is 0 Å². The first-order valence-corrected chi connectivity index (χ1v) is 8.03. The summed E-state index contributed by atoms with van der Waals surface area (Å²) in [5.41, 5.74) is 1.15. The number of nitrogens with one attached hydrogen (secondary N) is 1. The van der Waals surface area contributed by atoms with Gasteiger partial charge in [-0.05, 0) is 31.0 Å². The van der Waals surface area contributed by atoms with Crippen molar-refractivity contribution in [3.05, 3.63) is 46.5 Å². The number of aromatic amines is 1. The number of carbonyl (C=O) groups is 1. The van der Waals surface area contributed by atoms with Gasteiger partial charge in [-0.25, -0.2) is 4.79 Å². The monoisotopic (exact) mass is 331 g/mol. The summed E-state index contributed by atoms with van der Waals surface area (Å²) in [6.45, 7) is 2.76. The van der Waals surface area contributed by atoms with E-state index in [1.165, 1.54) is 0 Å². The molecule has 3 heterocycles. The second-order valence-electron chi connectivity index (χ2n) is 6.17. The Labute approximate surface area is 139 Å². The summed E-state index contributed by atoms with van der Waals surface area (Å²) in [4.78, 5) is 34.1. The molecule has 1 aliphatic rings. The minimum Gasteiger partial charge on any atom is -0.338 e. The molecule has 1 atom stereocenters. The number of pyridine rings is 1. The molecule has 128 valence electrons. The number of carbonyl (C=O) groups excluding carboxylic acids is 1. The maximum atomic E-state index is 12.6. The van der Waals surface area contributed by atoms with E-state index < -0.39 is 5.76 Å². The average Bonchev–Trinajstić information content (AvgIpc) is 3.00. The third-order valence-electron chi connectivity index (χ3n) is 4.23. The van der Waals surface area contributed by atoms with Crippen LogP contribution in [-0.2, 0) is 17.9 Å². The van der Waals surface area contributed by atoms with Crippen LogP contribution in [0, 0.1) is 5.92 Å². The van der Waals surface area contributed by atoms with Gasteiger partial charge in [0.1, 0.15) is 0 Å². The first-order chi connectivity index (χ1) is 11.6. The summed E-state index contributed by atoms with van der Waals surface area (Å²) in [5, 5.41) is 3.60. The Balaban J connectivity index is 1.57. The van der Waals surface area contributed by atoms with Gasteiger partial charge in [0.2, 0.25) is 5.91 Å². The van der Waals surface area contributed by atoms with Crippen molar-refractivity contribution in [3.8, 4) is 0 Å². The van der Waals surface area contributed by atoms with Crippen LogP contribution in [0.4, 0.5) is 0 Å². The van der Waals surface area contributed by atoms with E-state index in [-0.39, 0.29) is 18.4 Å². The Bertz CT molecular complexity index is 727. The fraction of sp³-hybridized carbons (Fsp3) is 0.500. The lowest BCUT2D eigenvalue weighted by Crippen LogP contribution is -2.43. The summed E-state index contributed by atoms with van der Waals surface area (Å²) < 4.78 is 4.46. The second-order valence-corrected chi connectivity index (χ2v) is 6.17. The van der Waals surface area contributed by atoms with Crippen molar-refractivity contribution in [3.63, 3.8) is 0 Å². The number of hydrogen-bond donors (Lipinski definition) is 1. The molecule has 8 nitrogen and oxygen atoms in total. The van der Waals surface area contributed by atoms with E-state index in [2.05, 4.69) is 24.5 Å². The van der Waals surface area contributed by atoms with Gasteiger partial charge in [0.25, 0.3) is 0 Å². The van der Waals surface area contributed by atoms with E-state index in [9.17, 15) is 9.59 Å². The predicted octanol–water partition coefficient (Wildman–Crippen LogP) is 0.628. The molecule has 1 amide bonds. The Morgan fingerprint density at radius 2 is 2.42 bits per heavy atom. The molecule has 0 bridgehead atoms. The van der Waals surface area contributed by atoms with E-state index in [0.29, 0.717) is 5.82 Å². The molecule has 24 heavy (non-hydrogen) atoms. The Morgan fingerprint density at radius 3 is 3.12 bits per heavy atom. The second kappa shape index (κ2) is 7.39. The summed E-state index contributed by atoms with van der Waals surface area (Å²) >= 11 is 0. The maximum Gasteiger partial charge on any atom is 0.438 e. The van der Waals surface area contributed by atoms with E-state index in [1.807, 2.05) is 18.3 Å². The molecule has 1 fully saturated rings. The summed E-state index contributed by atoms with van der Waals surface area (Å²) in [6.07, 6.45) is 5.49. The smallest absolute Gasteiger partial charge is 0.338 e. The lowest BCUT2D eigenvalue weighted by molar-refractivity contribution is -0.136. The van der Waals surface area contributed by atoms with Gasteiger partial charge in [-0.2, -0.15) is 0 Å². The third-order valence-corrected chi connectivity index (χ3v) is 4.23. The lowest BCUT2D eigenvalue weighted by Gasteiger charge is -2.33. The zero-order valence-corrected chi connectivity index (χ0v) is 13.6. The van der Waals surface area contributed by atoms with Gasteiger partial charge in [0.05, 0.1) is 12.5 Å². The van der Waals surface area contributed by atoms with Gasteiger partial charge in [0.15, 0.2) is 5.82 Å². The lowest BCUT2D eigenvalue weighted by atomic mass is 9.96. The molecule has 8 heteroatoms. The van der Waals surface area contributed by atoms with Crippen molar-refractivity contribution in [1.29, 1.82) is 0 Å². The van der Waals surface area contributed by atoms with Crippen LogP contribution in [0.5, 0.6) is 0 Å². The SMILES string of the molecule is CN(Cc1noc(=O)[nH]1)C(=O)C1CCCN(Cc2cccnc2)C1. The molecular formula is C16H21N5O3. The van der Waals surface area contributed by atoms with E-state index >= 15 is 0 Å². The standard InChI is InChI=1S/C16H21N5O3/c1-20(11-14-18-16(23)24-19-14)15(22)13-5-3-7-21(10-13)9-12-4-2-6-17-8-12/h2,4,6,8,13H,3,5,7,9-11H2,1H3,(H,18,19,23). The molecule has 3 rings (SSSR count). The van der Waals surface area contributed by atoms with Crippen LogP contribution in [0.2, 0.25) is 0 Å². The largest absolute Gasteiger partial charge is 0.438 e. The molecule has 0 aliphatic carbocycles. The van der Waals surface area contributed by atoms with Gasteiger partial charge >= 0.3 is 5.76 Å². The van der Waals surface area contributed by atoms with Gasteiger partial charge in [-0.3, -0.25) is 24.2 Å². The topological polar surface area (TPSA) is 95.3 Å². The molecule has 0 radical (unpaired) electrons. The molecule has 0 saturated carbocycles. The zero-order chi connectivity index (χ0) is 16.9. The minimum absolute atomic E-state index is 0.0426. The first kappa shape index (κ1) is 16.4. The third kappa shape index (κ3) is 4.08. The summed E-state index contributed by atoms with van der Waals surface area (Å²) in [5.74, 6) is -0.223. The van der Waals surface area contributed by atoms with Crippen molar-refractivity contribution >= 4 is 5.91 Å². The molecule has 1 saturated heterocycles. The van der Waals surface area contributed by atoms with E-state index in [4.69, 9.17) is 0 Å². The van der Waals surface area contributed by atoms with Crippen molar-refractivity contribution < 1.29 is 9.32 Å². The molecular weight excluding hydrogens is 310 g/mol. The number of aromatic nitrogens is 3. The number of amides is 1. The van der Waals surface area contributed by atoms with Crippen molar-refractivity contribution in [2.75, 3.05) is 20.1 Å². The molecule has 0 aromatic carbocycles. The number of rotatable bonds is 5. The molecule has 1 aliphatic heterocycles. The van der Waals surface area contributed by atoms with Crippen molar-refractivity contribution in [2.45, 2.75) is 25.9 Å². The Kier molecular flexibility index (Phi) is 5.05. The van der Waals surface area contributed by atoms with Crippen LogP contribution < -0.4 is 5.76 Å². The van der Waals surface area contributed by atoms with Gasteiger partial charge in [0, 0.05) is 32.5 Å². The average molecular weight is 331 g/mol. The highest BCUT2D eigenvalue weighted by atomic mass is 16.5. The van der Waals surface area contributed by atoms with Crippen LogP contribution >= 0.6 is 0 Å². The molecule has 0 spiro atoms. The number of nitrogens with zero attached hydrogens (tertiary/aromatic N) is 4. The van der Waals surface area contributed by atoms with Gasteiger partial charge in [-0.1, -0.05) is 11.2 Å². The predicted molar refractivity (Wildman–Crippen MR) is 85.8 cm³/mol. The minimum atomic E-state index is -0.605. The normalized spacial score (nSPS) is 18.5. The number of piperidine rings is 1. The highest BCUT2D eigenvalue weighted by Gasteiger charge is 2.28.